The lowest BCUT2D eigenvalue weighted by Crippen LogP contribution is -2.55. The molecular formula is C22H25ClN2O5. The van der Waals surface area contributed by atoms with Crippen LogP contribution in [0.5, 0.6) is 0 Å². The molecule has 0 radical (unpaired) electrons. The Balaban J connectivity index is 1.82. The lowest BCUT2D eigenvalue weighted by atomic mass is 9.74. The molecule has 1 atom stereocenters. The zero-order valence-corrected chi connectivity index (χ0v) is 17.9. The van der Waals surface area contributed by atoms with E-state index in [9.17, 15) is 14.4 Å². The van der Waals surface area contributed by atoms with E-state index in [2.05, 4.69) is 0 Å². The van der Waals surface area contributed by atoms with Crippen LogP contribution in [0.1, 0.15) is 38.2 Å². The molecule has 1 heterocycles. The molecule has 2 aliphatic rings. The third-order valence-corrected chi connectivity index (χ3v) is 5.76. The first-order valence-electron chi connectivity index (χ1n) is 9.95. The molecular weight excluding hydrogens is 408 g/mol. The van der Waals surface area contributed by atoms with Crippen molar-refractivity contribution in [2.24, 2.45) is 0 Å². The van der Waals surface area contributed by atoms with Crippen molar-refractivity contribution < 1.29 is 24.0 Å². The average Bonchev–Trinajstić information content (AvgIpc) is 2.74. The van der Waals surface area contributed by atoms with Crippen LogP contribution in [-0.2, 0) is 24.7 Å². The molecule has 1 saturated carbocycles. The molecule has 1 aromatic rings. The van der Waals surface area contributed by atoms with Gasteiger partial charge in [0.15, 0.2) is 5.78 Å². The number of halogens is 1. The second kappa shape index (κ2) is 9.34. The maximum Gasteiger partial charge on any atom is 0.435 e. The van der Waals surface area contributed by atoms with Gasteiger partial charge >= 0.3 is 12.1 Å². The number of ketones is 1. The third-order valence-electron chi connectivity index (χ3n) is 5.43. The molecule has 8 heteroatoms. The van der Waals surface area contributed by atoms with Crippen molar-refractivity contribution in [3.05, 3.63) is 58.8 Å². The molecule has 160 valence electrons. The molecule has 0 aromatic heterocycles. The monoisotopic (exact) mass is 432 g/mol. The molecule has 1 aromatic carbocycles. The van der Waals surface area contributed by atoms with Gasteiger partial charge in [0, 0.05) is 30.3 Å². The average molecular weight is 433 g/mol. The molecule has 1 fully saturated rings. The van der Waals surface area contributed by atoms with Gasteiger partial charge in [0.05, 0.1) is 18.7 Å². The van der Waals surface area contributed by atoms with E-state index in [1.807, 2.05) is 0 Å². The number of hydrogen-bond acceptors (Lipinski definition) is 6. The van der Waals surface area contributed by atoms with Gasteiger partial charge in [0.25, 0.3) is 0 Å². The molecule has 7 nitrogen and oxygen atoms in total. The van der Waals surface area contributed by atoms with Crippen molar-refractivity contribution in [1.82, 2.24) is 9.96 Å². The molecule has 0 unspecified atom stereocenters. The number of amides is 1. The molecule has 1 aliphatic heterocycles. The maximum atomic E-state index is 13.1. The summed E-state index contributed by atoms with van der Waals surface area (Å²) in [4.78, 5) is 44.9. The van der Waals surface area contributed by atoms with Gasteiger partial charge in [-0.05, 0) is 44.4 Å². The van der Waals surface area contributed by atoms with Crippen LogP contribution in [0, 0.1) is 0 Å². The Hall–Kier alpha value is -2.80. The Morgan fingerprint density at radius 1 is 1.27 bits per heavy atom. The van der Waals surface area contributed by atoms with E-state index in [0.29, 0.717) is 29.0 Å². The van der Waals surface area contributed by atoms with E-state index in [1.54, 1.807) is 56.6 Å². The van der Waals surface area contributed by atoms with Crippen LogP contribution in [0.3, 0.4) is 0 Å². The molecule has 3 rings (SSSR count). The smallest absolute Gasteiger partial charge is 0.435 e. The number of esters is 1. The number of rotatable bonds is 5. The highest BCUT2D eigenvalue weighted by molar-refractivity contribution is 6.31. The van der Waals surface area contributed by atoms with Gasteiger partial charge in [-0.1, -0.05) is 29.8 Å². The third kappa shape index (κ3) is 4.21. The van der Waals surface area contributed by atoms with Crippen LogP contribution in [0.2, 0.25) is 5.02 Å². The van der Waals surface area contributed by atoms with Crippen LogP contribution >= 0.6 is 11.6 Å². The van der Waals surface area contributed by atoms with Crippen molar-refractivity contribution in [1.29, 1.82) is 0 Å². The number of likely N-dealkylation sites (N-methyl/N-ethyl adjacent to an activating group) is 1. The van der Waals surface area contributed by atoms with Crippen LogP contribution in [0.25, 0.3) is 0 Å². The largest absolute Gasteiger partial charge is 0.463 e. The minimum Gasteiger partial charge on any atom is -0.463 e. The predicted octanol–water partition coefficient (Wildman–Crippen LogP) is 3.98. The summed E-state index contributed by atoms with van der Waals surface area (Å²) >= 11 is 6.43. The maximum absolute atomic E-state index is 13.1. The Labute approximate surface area is 180 Å². The normalized spacial score (nSPS) is 21.1. The molecule has 0 bridgehead atoms. The standard InChI is InChI=1S/C22H25ClN2O5/c1-3-29-20(27)16-9-8-14-25(15-16)30-21(28)24(2)22(13-7-6-12-19(22)26)17-10-4-5-11-18(17)23/h4-5,8-11,14H,3,6-7,12-13,15H2,1-2H3/t22-/m0/s1. The van der Waals surface area contributed by atoms with Crippen LogP contribution in [0.4, 0.5) is 4.79 Å². The SMILES string of the molecule is CCOC(=O)C1=CC=CN(OC(=O)N(C)[C@]2(c3ccccc3Cl)CCCCC2=O)C1. The van der Waals surface area contributed by atoms with Gasteiger partial charge in [-0.15, -0.1) is 0 Å². The van der Waals surface area contributed by atoms with Crippen LogP contribution in [0.15, 0.2) is 48.2 Å². The molecule has 1 aliphatic carbocycles. The molecule has 1 amide bonds. The first-order chi connectivity index (χ1) is 14.4. The van der Waals surface area contributed by atoms with Crippen molar-refractivity contribution in [2.75, 3.05) is 20.2 Å². The molecule has 0 N–H and O–H groups in total. The van der Waals surface area contributed by atoms with E-state index < -0.39 is 17.6 Å². The Kier molecular flexibility index (Phi) is 6.82. The number of benzene rings is 1. The van der Waals surface area contributed by atoms with E-state index in [4.69, 9.17) is 21.2 Å². The second-order valence-electron chi connectivity index (χ2n) is 7.22. The predicted molar refractivity (Wildman–Crippen MR) is 111 cm³/mol. The van der Waals surface area contributed by atoms with Gasteiger partial charge in [0.2, 0.25) is 0 Å². The summed E-state index contributed by atoms with van der Waals surface area (Å²) in [5.74, 6) is -0.533. The van der Waals surface area contributed by atoms with Crippen molar-refractivity contribution in [2.45, 2.75) is 38.1 Å². The van der Waals surface area contributed by atoms with Gasteiger partial charge in [0.1, 0.15) is 5.54 Å². The lowest BCUT2D eigenvalue weighted by molar-refractivity contribution is -0.141. The number of nitrogens with zero attached hydrogens (tertiary/aromatic N) is 2. The highest BCUT2D eigenvalue weighted by Crippen LogP contribution is 2.42. The van der Waals surface area contributed by atoms with Crippen molar-refractivity contribution in [3.63, 3.8) is 0 Å². The zero-order valence-electron chi connectivity index (χ0n) is 17.1. The second-order valence-corrected chi connectivity index (χ2v) is 7.62. The van der Waals surface area contributed by atoms with E-state index >= 15 is 0 Å². The number of hydrogen-bond donors (Lipinski definition) is 0. The van der Waals surface area contributed by atoms with E-state index in [1.165, 1.54) is 9.96 Å². The van der Waals surface area contributed by atoms with Crippen molar-refractivity contribution in [3.8, 4) is 0 Å². The summed E-state index contributed by atoms with van der Waals surface area (Å²) in [5, 5.41) is 1.68. The Morgan fingerprint density at radius 2 is 2.03 bits per heavy atom. The summed E-state index contributed by atoms with van der Waals surface area (Å²) < 4.78 is 5.00. The minimum absolute atomic E-state index is 0.0575. The summed E-state index contributed by atoms with van der Waals surface area (Å²) in [5.41, 5.74) is -0.228. The van der Waals surface area contributed by atoms with Crippen LogP contribution in [-0.4, -0.2) is 48.0 Å². The number of Topliss-reactive ketones (excluding diaryl/α,β-unsaturated/α-hetero) is 1. The summed E-state index contributed by atoms with van der Waals surface area (Å²) in [6.45, 7) is 2.03. The van der Waals surface area contributed by atoms with Gasteiger partial charge < -0.3 is 9.57 Å². The molecule has 0 spiro atoms. The quantitative estimate of drug-likeness (QED) is 0.655. The van der Waals surface area contributed by atoms with E-state index in [-0.39, 0.29) is 18.9 Å². The lowest BCUT2D eigenvalue weighted by Gasteiger charge is -2.43. The van der Waals surface area contributed by atoms with Gasteiger partial charge in [-0.3, -0.25) is 9.69 Å². The first-order valence-corrected chi connectivity index (χ1v) is 10.3. The summed E-state index contributed by atoms with van der Waals surface area (Å²) in [6, 6.07) is 7.07. The Bertz CT molecular complexity index is 897. The van der Waals surface area contributed by atoms with Crippen molar-refractivity contribution >= 4 is 29.4 Å². The number of carbonyl (C=O) groups is 3. The van der Waals surface area contributed by atoms with Crippen LogP contribution < -0.4 is 0 Å². The first kappa shape index (κ1) is 21.9. The van der Waals surface area contributed by atoms with E-state index in [0.717, 1.165) is 12.8 Å². The fourth-order valence-electron chi connectivity index (χ4n) is 3.89. The zero-order chi connectivity index (χ0) is 21.7. The van der Waals surface area contributed by atoms with Gasteiger partial charge in [-0.25, -0.2) is 14.7 Å². The topological polar surface area (TPSA) is 76.2 Å². The number of carbonyl (C=O) groups excluding carboxylic acids is 3. The highest BCUT2D eigenvalue weighted by atomic mass is 35.5. The summed E-state index contributed by atoms with van der Waals surface area (Å²) in [6.07, 6.45) is 6.43. The number of ether oxygens (including phenoxy) is 1. The highest BCUT2D eigenvalue weighted by Gasteiger charge is 2.49. The Morgan fingerprint density at radius 3 is 2.73 bits per heavy atom. The fourth-order valence-corrected chi connectivity index (χ4v) is 4.19. The number of hydroxylamine groups is 2. The molecule has 30 heavy (non-hydrogen) atoms. The fraction of sp³-hybridized carbons (Fsp3) is 0.409. The minimum atomic E-state index is -1.19. The molecule has 0 saturated heterocycles. The van der Waals surface area contributed by atoms with Gasteiger partial charge in [-0.2, -0.15) is 0 Å². The summed E-state index contributed by atoms with van der Waals surface area (Å²) in [7, 11) is 1.55. The number of allylic oxidation sites excluding steroid dienone is 2.